The van der Waals surface area contributed by atoms with Crippen LogP contribution in [0.25, 0.3) is 0 Å². The average molecular weight is 391 g/mol. The van der Waals surface area contributed by atoms with Crippen molar-refractivity contribution in [2.24, 2.45) is 5.92 Å². The fourth-order valence-electron chi connectivity index (χ4n) is 3.65. The summed E-state index contributed by atoms with van der Waals surface area (Å²) in [6, 6.07) is 8.97. The van der Waals surface area contributed by atoms with Crippen molar-refractivity contribution in [2.45, 2.75) is 18.5 Å². The molecule has 2 aromatic rings. The second-order valence-corrected chi connectivity index (χ2v) is 7.00. The van der Waals surface area contributed by atoms with Gasteiger partial charge in [0.1, 0.15) is 0 Å². The molecule has 2 atom stereocenters. The summed E-state index contributed by atoms with van der Waals surface area (Å²) in [7, 11) is 0. The SMILES string of the molecule is O=C(Nc1cccnc1N1CCOCC1)[C@@H]1C[C@@H]1c1ccccc1C(F)(F)F. The van der Waals surface area contributed by atoms with E-state index < -0.39 is 23.6 Å². The number of benzene rings is 1. The lowest BCUT2D eigenvalue weighted by Crippen LogP contribution is -2.37. The van der Waals surface area contributed by atoms with Gasteiger partial charge in [0.15, 0.2) is 5.82 Å². The summed E-state index contributed by atoms with van der Waals surface area (Å²) in [6.07, 6.45) is -2.36. The fraction of sp³-hybridized carbons (Fsp3) is 0.400. The van der Waals surface area contributed by atoms with Crippen LogP contribution in [-0.2, 0) is 15.7 Å². The van der Waals surface area contributed by atoms with Crippen LogP contribution in [-0.4, -0.2) is 37.2 Å². The molecule has 8 heteroatoms. The number of amides is 1. The van der Waals surface area contributed by atoms with Crippen LogP contribution in [0.4, 0.5) is 24.7 Å². The number of hydrogen-bond donors (Lipinski definition) is 1. The third kappa shape index (κ3) is 3.82. The lowest BCUT2D eigenvalue weighted by atomic mass is 10.0. The molecule has 4 rings (SSSR count). The summed E-state index contributed by atoms with van der Waals surface area (Å²) in [5.74, 6) is -0.501. The zero-order valence-corrected chi connectivity index (χ0v) is 15.1. The molecule has 1 aliphatic heterocycles. The van der Waals surface area contributed by atoms with Crippen molar-refractivity contribution < 1.29 is 22.7 Å². The van der Waals surface area contributed by atoms with E-state index in [4.69, 9.17) is 4.74 Å². The van der Waals surface area contributed by atoms with E-state index in [9.17, 15) is 18.0 Å². The van der Waals surface area contributed by atoms with Crippen molar-refractivity contribution in [2.75, 3.05) is 36.5 Å². The zero-order chi connectivity index (χ0) is 19.7. The van der Waals surface area contributed by atoms with Gasteiger partial charge >= 0.3 is 6.18 Å². The quantitative estimate of drug-likeness (QED) is 0.864. The first kappa shape index (κ1) is 18.7. The summed E-state index contributed by atoms with van der Waals surface area (Å²) in [4.78, 5) is 19.1. The molecular formula is C20H20F3N3O2. The molecule has 0 unspecified atom stereocenters. The van der Waals surface area contributed by atoms with E-state index in [1.807, 2.05) is 4.90 Å². The van der Waals surface area contributed by atoms with E-state index in [1.54, 1.807) is 24.4 Å². The van der Waals surface area contributed by atoms with Gasteiger partial charge in [-0.25, -0.2) is 4.98 Å². The Bertz CT molecular complexity index is 866. The predicted molar refractivity (Wildman–Crippen MR) is 98.2 cm³/mol. The third-order valence-corrected chi connectivity index (χ3v) is 5.15. The number of pyridine rings is 1. The Morgan fingerprint density at radius 2 is 1.89 bits per heavy atom. The summed E-state index contributed by atoms with van der Waals surface area (Å²) in [6.45, 7) is 2.52. The number of anilines is 2. The average Bonchev–Trinajstić information content (AvgIpc) is 3.49. The van der Waals surface area contributed by atoms with Crippen LogP contribution >= 0.6 is 0 Å². The third-order valence-electron chi connectivity index (χ3n) is 5.15. The van der Waals surface area contributed by atoms with Crippen molar-refractivity contribution in [3.05, 3.63) is 53.7 Å². The topological polar surface area (TPSA) is 54.5 Å². The number of aromatic nitrogens is 1. The standard InChI is InChI=1S/C20H20F3N3O2/c21-20(22,23)16-5-2-1-4-13(16)14-12-15(14)19(27)25-17-6-3-7-24-18(17)26-8-10-28-11-9-26/h1-7,14-15H,8-12H2,(H,25,27)/t14-,15-/m1/s1. The molecule has 148 valence electrons. The number of nitrogens with zero attached hydrogens (tertiary/aromatic N) is 2. The monoisotopic (exact) mass is 391 g/mol. The first-order valence-corrected chi connectivity index (χ1v) is 9.20. The zero-order valence-electron chi connectivity index (χ0n) is 15.1. The number of rotatable bonds is 4. The van der Waals surface area contributed by atoms with Crippen molar-refractivity contribution >= 4 is 17.4 Å². The normalized spacial score (nSPS) is 22.0. The van der Waals surface area contributed by atoms with E-state index in [2.05, 4.69) is 10.3 Å². The van der Waals surface area contributed by atoms with Crippen molar-refractivity contribution in [3.8, 4) is 0 Å². The van der Waals surface area contributed by atoms with Gasteiger partial charge in [-0.15, -0.1) is 0 Å². The molecule has 1 N–H and O–H groups in total. The fourth-order valence-corrected chi connectivity index (χ4v) is 3.65. The second-order valence-electron chi connectivity index (χ2n) is 7.00. The number of carbonyl (C=O) groups is 1. The highest BCUT2D eigenvalue weighted by molar-refractivity contribution is 5.97. The summed E-state index contributed by atoms with van der Waals surface area (Å²) < 4.78 is 45.1. The summed E-state index contributed by atoms with van der Waals surface area (Å²) in [5.41, 5.74) is 0.101. The molecule has 28 heavy (non-hydrogen) atoms. The molecular weight excluding hydrogens is 371 g/mol. The lowest BCUT2D eigenvalue weighted by Gasteiger charge is -2.29. The minimum absolute atomic E-state index is 0.190. The maximum absolute atomic E-state index is 13.2. The van der Waals surface area contributed by atoms with Gasteiger partial charge in [0.05, 0.1) is 24.5 Å². The number of ether oxygens (including phenoxy) is 1. The Balaban J connectivity index is 1.49. The lowest BCUT2D eigenvalue weighted by molar-refractivity contribution is -0.138. The van der Waals surface area contributed by atoms with Crippen LogP contribution in [0.5, 0.6) is 0 Å². The molecule has 1 saturated heterocycles. The van der Waals surface area contributed by atoms with Crippen LogP contribution in [0.15, 0.2) is 42.6 Å². The van der Waals surface area contributed by atoms with Crippen molar-refractivity contribution in [1.82, 2.24) is 4.98 Å². The van der Waals surface area contributed by atoms with E-state index >= 15 is 0 Å². The number of carbonyl (C=O) groups excluding carboxylic acids is 1. The minimum atomic E-state index is -4.42. The molecule has 2 heterocycles. The van der Waals surface area contributed by atoms with Crippen LogP contribution in [0, 0.1) is 5.92 Å². The van der Waals surface area contributed by atoms with Crippen LogP contribution in [0.3, 0.4) is 0 Å². The number of alkyl halides is 3. The second kappa shape index (κ2) is 7.43. The molecule has 1 amide bonds. The van der Waals surface area contributed by atoms with E-state index in [1.165, 1.54) is 12.1 Å². The van der Waals surface area contributed by atoms with E-state index in [0.29, 0.717) is 44.2 Å². The van der Waals surface area contributed by atoms with Gasteiger partial charge in [0, 0.05) is 25.2 Å². The van der Waals surface area contributed by atoms with Gasteiger partial charge in [-0.1, -0.05) is 18.2 Å². The molecule has 0 radical (unpaired) electrons. The Hall–Kier alpha value is -2.61. The summed E-state index contributed by atoms with van der Waals surface area (Å²) in [5, 5.41) is 2.86. The van der Waals surface area contributed by atoms with Gasteiger partial charge in [0.25, 0.3) is 0 Å². The van der Waals surface area contributed by atoms with Crippen molar-refractivity contribution in [3.63, 3.8) is 0 Å². The maximum atomic E-state index is 13.2. The minimum Gasteiger partial charge on any atom is -0.378 e. The number of morpholine rings is 1. The smallest absolute Gasteiger partial charge is 0.378 e. The Labute approximate surface area is 160 Å². The molecule has 0 bridgehead atoms. The van der Waals surface area contributed by atoms with E-state index in [-0.39, 0.29) is 11.5 Å². The molecule has 1 aromatic carbocycles. The molecule has 1 aromatic heterocycles. The summed E-state index contributed by atoms with van der Waals surface area (Å²) >= 11 is 0. The van der Waals surface area contributed by atoms with Gasteiger partial charge in [0.2, 0.25) is 5.91 Å². The highest BCUT2D eigenvalue weighted by atomic mass is 19.4. The molecule has 5 nitrogen and oxygen atoms in total. The van der Waals surface area contributed by atoms with E-state index in [0.717, 1.165) is 6.07 Å². The number of nitrogens with one attached hydrogen (secondary N) is 1. The van der Waals surface area contributed by atoms with Gasteiger partial charge in [-0.05, 0) is 36.1 Å². The van der Waals surface area contributed by atoms with Crippen LogP contribution in [0.1, 0.15) is 23.5 Å². The first-order chi connectivity index (χ1) is 13.4. The highest BCUT2D eigenvalue weighted by Crippen LogP contribution is 2.51. The number of hydrogen-bond acceptors (Lipinski definition) is 4. The molecule has 1 saturated carbocycles. The molecule has 2 fully saturated rings. The predicted octanol–water partition coefficient (Wildman–Crippen LogP) is 3.68. The van der Waals surface area contributed by atoms with Crippen molar-refractivity contribution in [1.29, 1.82) is 0 Å². The first-order valence-electron chi connectivity index (χ1n) is 9.20. The molecule has 0 spiro atoms. The largest absolute Gasteiger partial charge is 0.416 e. The number of halogens is 3. The van der Waals surface area contributed by atoms with Gasteiger partial charge in [-0.3, -0.25) is 4.79 Å². The Morgan fingerprint density at radius 1 is 1.14 bits per heavy atom. The van der Waals surface area contributed by atoms with Gasteiger partial charge in [-0.2, -0.15) is 13.2 Å². The molecule has 2 aliphatic rings. The molecule has 1 aliphatic carbocycles. The Morgan fingerprint density at radius 3 is 2.64 bits per heavy atom. The van der Waals surface area contributed by atoms with Gasteiger partial charge < -0.3 is 15.0 Å². The van der Waals surface area contributed by atoms with Crippen LogP contribution < -0.4 is 10.2 Å². The van der Waals surface area contributed by atoms with Crippen LogP contribution in [0.2, 0.25) is 0 Å². The highest BCUT2D eigenvalue weighted by Gasteiger charge is 2.48. The maximum Gasteiger partial charge on any atom is 0.416 e. The Kier molecular flexibility index (Phi) is 4.97.